The van der Waals surface area contributed by atoms with Crippen LogP contribution in [-0.2, 0) is 6.54 Å². The maximum Gasteiger partial charge on any atom is 0.105 e. The fraction of sp³-hybridized carbons (Fsp3) is 0.600. The molecule has 13 heavy (non-hydrogen) atoms. The van der Waals surface area contributed by atoms with Gasteiger partial charge in [-0.15, -0.1) is 0 Å². The summed E-state index contributed by atoms with van der Waals surface area (Å²) in [5, 5.41) is 8.45. The number of rotatable bonds is 3. The summed E-state index contributed by atoms with van der Waals surface area (Å²) in [5.74, 6) is 1.46. The van der Waals surface area contributed by atoms with Crippen LogP contribution < -0.4 is 0 Å². The molecule has 0 N–H and O–H groups in total. The summed E-state index contributed by atoms with van der Waals surface area (Å²) in [7, 11) is 0. The molecule has 0 atom stereocenters. The third kappa shape index (κ3) is 2.32. The lowest BCUT2D eigenvalue weighted by Crippen LogP contribution is -1.97. The van der Waals surface area contributed by atoms with E-state index in [1.165, 1.54) is 0 Å². The predicted octanol–water partition coefficient (Wildman–Crippen LogP) is 2.23. The summed E-state index contributed by atoms with van der Waals surface area (Å²) in [6.45, 7) is 6.97. The first kappa shape index (κ1) is 9.79. The monoisotopic (exact) mass is 177 g/mol. The maximum absolute atomic E-state index is 8.45. The van der Waals surface area contributed by atoms with Crippen molar-refractivity contribution in [3.8, 4) is 6.07 Å². The summed E-state index contributed by atoms with van der Waals surface area (Å²) < 4.78 is 2.04. The van der Waals surface area contributed by atoms with Gasteiger partial charge in [0.1, 0.15) is 5.82 Å². The lowest BCUT2D eigenvalue weighted by molar-refractivity contribution is 0.689. The third-order valence-electron chi connectivity index (χ3n) is 2.05. The molecule has 0 aliphatic heterocycles. The van der Waals surface area contributed by atoms with Crippen molar-refractivity contribution >= 4 is 0 Å². The van der Waals surface area contributed by atoms with Crippen LogP contribution in [0.2, 0.25) is 0 Å². The second kappa shape index (κ2) is 4.08. The van der Waals surface area contributed by atoms with E-state index >= 15 is 0 Å². The molecule has 1 aromatic rings. The zero-order valence-electron chi connectivity index (χ0n) is 8.41. The first-order valence-corrected chi connectivity index (χ1v) is 4.55. The third-order valence-corrected chi connectivity index (χ3v) is 2.05. The minimum Gasteiger partial charge on any atom is -0.334 e. The van der Waals surface area contributed by atoms with Gasteiger partial charge < -0.3 is 4.57 Å². The van der Waals surface area contributed by atoms with Crippen LogP contribution in [0.1, 0.15) is 37.7 Å². The van der Waals surface area contributed by atoms with E-state index in [1.807, 2.05) is 17.7 Å². The largest absolute Gasteiger partial charge is 0.334 e. The van der Waals surface area contributed by atoms with Crippen molar-refractivity contribution in [2.75, 3.05) is 0 Å². The molecule has 0 radical (unpaired) electrons. The molecule has 0 unspecified atom stereocenters. The van der Waals surface area contributed by atoms with E-state index in [1.54, 1.807) is 0 Å². The molecule has 1 aromatic heterocycles. The molecule has 3 nitrogen and oxygen atoms in total. The molecule has 0 fully saturated rings. The van der Waals surface area contributed by atoms with Crippen LogP contribution in [0.15, 0.2) is 6.20 Å². The molecule has 0 saturated heterocycles. The molecule has 0 aromatic carbocycles. The minimum absolute atomic E-state index is 0.460. The molecule has 0 spiro atoms. The summed E-state index contributed by atoms with van der Waals surface area (Å²) in [5.41, 5.74) is 1.11. The summed E-state index contributed by atoms with van der Waals surface area (Å²) >= 11 is 0. The molecule has 3 heteroatoms. The number of aryl methyl sites for hydroxylation is 2. The van der Waals surface area contributed by atoms with E-state index in [0.29, 0.717) is 12.3 Å². The van der Waals surface area contributed by atoms with E-state index < -0.39 is 0 Å². The Labute approximate surface area is 79.0 Å². The minimum atomic E-state index is 0.460. The van der Waals surface area contributed by atoms with Gasteiger partial charge in [-0.2, -0.15) is 5.26 Å². The molecule has 1 heterocycles. The molecule has 1 rings (SSSR count). The van der Waals surface area contributed by atoms with Crippen molar-refractivity contribution in [3.05, 3.63) is 17.7 Å². The lowest BCUT2D eigenvalue weighted by atomic mass is 10.2. The highest BCUT2D eigenvalue weighted by Gasteiger charge is 2.06. The van der Waals surface area contributed by atoms with Gasteiger partial charge in [0.05, 0.1) is 18.2 Å². The Hall–Kier alpha value is -1.30. The molecule has 0 amide bonds. The zero-order valence-corrected chi connectivity index (χ0v) is 8.41. The van der Waals surface area contributed by atoms with E-state index in [0.717, 1.165) is 18.1 Å². The number of hydrogen-bond acceptors (Lipinski definition) is 2. The Morgan fingerprint density at radius 1 is 1.62 bits per heavy atom. The average molecular weight is 177 g/mol. The van der Waals surface area contributed by atoms with Crippen molar-refractivity contribution in [2.45, 2.75) is 39.7 Å². The van der Waals surface area contributed by atoms with Gasteiger partial charge in [-0.25, -0.2) is 4.98 Å². The number of hydrogen-bond donors (Lipinski definition) is 0. The van der Waals surface area contributed by atoms with Crippen LogP contribution in [0.5, 0.6) is 0 Å². The second-order valence-electron chi connectivity index (χ2n) is 3.47. The smallest absolute Gasteiger partial charge is 0.105 e. The van der Waals surface area contributed by atoms with Gasteiger partial charge in [0.2, 0.25) is 0 Å². The zero-order chi connectivity index (χ0) is 9.84. The first-order chi connectivity index (χ1) is 6.15. The van der Waals surface area contributed by atoms with Gasteiger partial charge in [-0.3, -0.25) is 0 Å². The molecule has 0 bridgehead atoms. The van der Waals surface area contributed by atoms with Gasteiger partial charge in [0.25, 0.3) is 0 Å². The maximum atomic E-state index is 8.45. The van der Waals surface area contributed by atoms with E-state index in [-0.39, 0.29) is 0 Å². The Morgan fingerprint density at radius 3 is 2.77 bits per heavy atom. The quantitative estimate of drug-likeness (QED) is 0.710. The van der Waals surface area contributed by atoms with Crippen LogP contribution in [0.3, 0.4) is 0 Å². The number of imidazole rings is 1. The van der Waals surface area contributed by atoms with Crippen LogP contribution in [0.25, 0.3) is 0 Å². The average Bonchev–Trinajstić information content (AvgIpc) is 2.44. The van der Waals surface area contributed by atoms with Gasteiger partial charge in [-0.05, 0) is 12.8 Å². The highest BCUT2D eigenvalue weighted by Crippen LogP contribution is 2.13. The summed E-state index contributed by atoms with van der Waals surface area (Å²) in [6.07, 6.45) is 2.59. The van der Waals surface area contributed by atoms with E-state index in [4.69, 9.17) is 5.26 Å². The normalized spacial score (nSPS) is 10.4. The number of nitriles is 1. The Kier molecular flexibility index (Phi) is 3.07. The molecule has 0 aliphatic rings. The number of aromatic nitrogens is 2. The lowest BCUT2D eigenvalue weighted by Gasteiger charge is -1.99. The Morgan fingerprint density at radius 2 is 2.31 bits per heavy atom. The number of nitrogens with zero attached hydrogens (tertiary/aromatic N) is 3. The van der Waals surface area contributed by atoms with Crippen molar-refractivity contribution < 1.29 is 0 Å². The van der Waals surface area contributed by atoms with Crippen LogP contribution in [0.4, 0.5) is 0 Å². The SMILES string of the molecule is Cc1nc(C(C)C)cn1CCC#N. The van der Waals surface area contributed by atoms with Crippen LogP contribution >= 0.6 is 0 Å². The fourth-order valence-electron chi connectivity index (χ4n) is 1.21. The van der Waals surface area contributed by atoms with Gasteiger partial charge in [0, 0.05) is 12.7 Å². The van der Waals surface area contributed by atoms with Crippen molar-refractivity contribution in [1.29, 1.82) is 5.26 Å². The highest BCUT2D eigenvalue weighted by atomic mass is 15.1. The molecule has 0 aliphatic carbocycles. The standard InChI is InChI=1S/C10H15N3/c1-8(2)10-7-13(6-4-5-11)9(3)12-10/h7-8H,4,6H2,1-3H3. The second-order valence-corrected chi connectivity index (χ2v) is 3.47. The van der Waals surface area contributed by atoms with Gasteiger partial charge in [-0.1, -0.05) is 13.8 Å². The van der Waals surface area contributed by atoms with E-state index in [2.05, 4.69) is 24.9 Å². The van der Waals surface area contributed by atoms with E-state index in [9.17, 15) is 0 Å². The predicted molar refractivity (Wildman–Crippen MR) is 51.3 cm³/mol. The van der Waals surface area contributed by atoms with Crippen molar-refractivity contribution in [2.24, 2.45) is 0 Å². The highest BCUT2D eigenvalue weighted by molar-refractivity contribution is 5.07. The van der Waals surface area contributed by atoms with Crippen molar-refractivity contribution in [1.82, 2.24) is 9.55 Å². The molecular formula is C10H15N3. The van der Waals surface area contributed by atoms with Gasteiger partial charge in [0.15, 0.2) is 0 Å². The molecule has 70 valence electrons. The summed E-state index contributed by atoms with van der Waals surface area (Å²) in [6, 6.07) is 2.13. The fourth-order valence-corrected chi connectivity index (χ4v) is 1.21. The first-order valence-electron chi connectivity index (χ1n) is 4.55. The van der Waals surface area contributed by atoms with Crippen LogP contribution in [-0.4, -0.2) is 9.55 Å². The van der Waals surface area contributed by atoms with Crippen molar-refractivity contribution in [3.63, 3.8) is 0 Å². The Balaban J connectivity index is 2.79. The summed E-state index contributed by atoms with van der Waals surface area (Å²) in [4.78, 5) is 4.42. The molecular weight excluding hydrogens is 162 g/mol. The Bertz CT molecular complexity index is 317. The van der Waals surface area contributed by atoms with Gasteiger partial charge >= 0.3 is 0 Å². The molecule has 0 saturated carbocycles. The van der Waals surface area contributed by atoms with Crippen LogP contribution in [0, 0.1) is 18.3 Å². The topological polar surface area (TPSA) is 41.6 Å².